The van der Waals surface area contributed by atoms with Crippen molar-refractivity contribution in [2.75, 3.05) is 13.2 Å². The Morgan fingerprint density at radius 1 is 1.47 bits per heavy atom. The molecule has 1 aromatic rings. The highest BCUT2D eigenvalue weighted by Gasteiger charge is 2.10. The van der Waals surface area contributed by atoms with Crippen LogP contribution >= 0.6 is 22.6 Å². The number of primary amides is 1. The topological polar surface area (TPSA) is 102 Å². The average molecular weight is 350 g/mol. The molecule has 4 N–H and O–H groups in total. The third-order valence-electron chi connectivity index (χ3n) is 1.84. The minimum absolute atomic E-state index is 0.00817. The number of amides is 2. The molecule has 2 amide bonds. The number of halogens is 1. The molecule has 0 fully saturated rings. The van der Waals surface area contributed by atoms with Crippen molar-refractivity contribution >= 4 is 34.6 Å². The Labute approximate surface area is 111 Å². The molecule has 0 radical (unpaired) electrons. The van der Waals surface area contributed by atoms with Gasteiger partial charge in [0, 0.05) is 3.57 Å². The van der Waals surface area contributed by atoms with Gasteiger partial charge in [0.05, 0.1) is 12.1 Å². The summed E-state index contributed by atoms with van der Waals surface area (Å²) in [4.78, 5) is 21.9. The lowest BCUT2D eigenvalue weighted by molar-refractivity contribution is 0.0934. The lowest BCUT2D eigenvalue weighted by Gasteiger charge is -2.07. The number of phenols is 1. The third kappa shape index (κ3) is 4.47. The maximum absolute atomic E-state index is 11.6. The number of nitrogens with one attached hydrogen (secondary N) is 1. The predicted octanol–water partition coefficient (Wildman–Crippen LogP) is 0.822. The van der Waals surface area contributed by atoms with Crippen LogP contribution in [0.1, 0.15) is 10.4 Å². The second-order valence-electron chi connectivity index (χ2n) is 3.08. The van der Waals surface area contributed by atoms with E-state index in [4.69, 9.17) is 5.73 Å². The number of phenolic OH excluding ortho intramolecular Hbond substituents is 1. The molecule has 0 aromatic heterocycles. The first-order valence-electron chi connectivity index (χ1n) is 4.69. The van der Waals surface area contributed by atoms with E-state index >= 15 is 0 Å². The predicted molar refractivity (Wildman–Crippen MR) is 68.7 cm³/mol. The molecule has 7 heteroatoms. The Hall–Kier alpha value is -1.51. The van der Waals surface area contributed by atoms with Gasteiger partial charge >= 0.3 is 6.09 Å². The minimum Gasteiger partial charge on any atom is -0.507 e. The average Bonchev–Trinajstić information content (AvgIpc) is 2.27. The second-order valence-corrected chi connectivity index (χ2v) is 4.33. The Bertz CT molecular complexity index is 436. The van der Waals surface area contributed by atoms with Gasteiger partial charge < -0.3 is 20.9 Å². The fraction of sp³-hybridized carbons (Fsp3) is 0.200. The van der Waals surface area contributed by atoms with E-state index in [0.717, 1.165) is 3.57 Å². The van der Waals surface area contributed by atoms with E-state index in [1.54, 1.807) is 12.1 Å². The summed E-state index contributed by atoms with van der Waals surface area (Å²) in [6.45, 7) is 0.123. The molecule has 1 aromatic carbocycles. The first kappa shape index (κ1) is 13.6. The van der Waals surface area contributed by atoms with Crippen LogP contribution in [0.25, 0.3) is 0 Å². The van der Waals surface area contributed by atoms with Crippen molar-refractivity contribution in [3.8, 4) is 5.75 Å². The number of hydrogen-bond donors (Lipinski definition) is 3. The van der Waals surface area contributed by atoms with Crippen molar-refractivity contribution in [1.29, 1.82) is 0 Å². The summed E-state index contributed by atoms with van der Waals surface area (Å²) in [7, 11) is 0. The van der Waals surface area contributed by atoms with E-state index in [2.05, 4.69) is 10.1 Å². The highest BCUT2D eigenvalue weighted by atomic mass is 127. The van der Waals surface area contributed by atoms with E-state index in [-0.39, 0.29) is 24.5 Å². The summed E-state index contributed by atoms with van der Waals surface area (Å²) in [5.74, 6) is -0.534. The molecule has 0 bridgehead atoms. The van der Waals surface area contributed by atoms with Crippen LogP contribution in [0.15, 0.2) is 18.2 Å². The lowest BCUT2D eigenvalue weighted by Crippen LogP contribution is -2.29. The van der Waals surface area contributed by atoms with Gasteiger partial charge in [-0.1, -0.05) is 0 Å². The van der Waals surface area contributed by atoms with Crippen LogP contribution in [0.4, 0.5) is 4.79 Å². The van der Waals surface area contributed by atoms with Crippen LogP contribution in [-0.4, -0.2) is 30.3 Å². The molecule has 0 saturated heterocycles. The van der Waals surface area contributed by atoms with Crippen molar-refractivity contribution in [2.24, 2.45) is 5.73 Å². The van der Waals surface area contributed by atoms with Crippen molar-refractivity contribution < 1.29 is 19.4 Å². The number of carbonyl (C=O) groups is 2. The summed E-state index contributed by atoms with van der Waals surface area (Å²) in [5.41, 5.74) is 4.93. The lowest BCUT2D eigenvalue weighted by atomic mass is 10.2. The molecule has 0 spiro atoms. The Morgan fingerprint density at radius 3 is 2.82 bits per heavy atom. The molecular formula is C10H11IN2O4. The zero-order valence-electron chi connectivity index (χ0n) is 8.77. The second kappa shape index (κ2) is 6.28. The van der Waals surface area contributed by atoms with Crippen molar-refractivity contribution in [3.63, 3.8) is 0 Å². The number of benzene rings is 1. The van der Waals surface area contributed by atoms with Crippen LogP contribution in [0.2, 0.25) is 0 Å². The third-order valence-corrected chi connectivity index (χ3v) is 2.51. The maximum Gasteiger partial charge on any atom is 0.404 e. The van der Waals surface area contributed by atoms with Gasteiger partial charge in [0.1, 0.15) is 12.4 Å². The van der Waals surface area contributed by atoms with Crippen LogP contribution in [-0.2, 0) is 4.74 Å². The molecule has 0 unspecified atom stereocenters. The number of ether oxygens (including phenoxy) is 1. The van der Waals surface area contributed by atoms with Crippen molar-refractivity contribution in [2.45, 2.75) is 0 Å². The van der Waals surface area contributed by atoms with Gasteiger partial charge in [-0.3, -0.25) is 4.79 Å². The summed E-state index contributed by atoms with van der Waals surface area (Å²) in [6, 6.07) is 4.68. The van der Waals surface area contributed by atoms with Gasteiger partial charge in [0.15, 0.2) is 0 Å². The number of nitrogens with two attached hydrogens (primary N) is 1. The molecule has 0 heterocycles. The molecule has 6 nitrogen and oxygen atoms in total. The van der Waals surface area contributed by atoms with E-state index in [1.165, 1.54) is 6.07 Å². The van der Waals surface area contributed by atoms with Gasteiger partial charge in [-0.15, -0.1) is 0 Å². The number of hydrogen-bond acceptors (Lipinski definition) is 4. The zero-order valence-corrected chi connectivity index (χ0v) is 10.9. The molecule has 92 valence electrons. The maximum atomic E-state index is 11.6. The quantitative estimate of drug-likeness (QED) is 0.553. The summed E-state index contributed by atoms with van der Waals surface area (Å²) in [6.07, 6.45) is -0.892. The van der Waals surface area contributed by atoms with E-state index < -0.39 is 12.0 Å². The Morgan fingerprint density at radius 2 is 2.18 bits per heavy atom. The van der Waals surface area contributed by atoms with Crippen LogP contribution in [0, 0.1) is 3.57 Å². The summed E-state index contributed by atoms with van der Waals surface area (Å²) >= 11 is 2.03. The Kier molecular flexibility index (Phi) is 5.01. The van der Waals surface area contributed by atoms with Crippen LogP contribution in [0.5, 0.6) is 5.75 Å². The van der Waals surface area contributed by atoms with E-state index in [9.17, 15) is 14.7 Å². The van der Waals surface area contributed by atoms with Gasteiger partial charge in [0.2, 0.25) is 0 Å². The summed E-state index contributed by atoms with van der Waals surface area (Å²) in [5, 5.41) is 12.0. The highest BCUT2D eigenvalue weighted by Crippen LogP contribution is 2.19. The fourth-order valence-corrected chi connectivity index (χ4v) is 1.59. The fourth-order valence-electron chi connectivity index (χ4n) is 1.10. The number of rotatable bonds is 4. The molecule has 1 rings (SSSR count). The van der Waals surface area contributed by atoms with Crippen molar-refractivity contribution in [3.05, 3.63) is 27.3 Å². The number of aromatic hydroxyl groups is 1. The van der Waals surface area contributed by atoms with Crippen molar-refractivity contribution in [1.82, 2.24) is 5.32 Å². The number of carbonyl (C=O) groups excluding carboxylic acids is 2. The van der Waals surface area contributed by atoms with Crippen LogP contribution < -0.4 is 11.1 Å². The smallest absolute Gasteiger partial charge is 0.404 e. The minimum atomic E-state index is -0.892. The van der Waals surface area contributed by atoms with Gasteiger partial charge in [-0.2, -0.15) is 0 Å². The first-order valence-corrected chi connectivity index (χ1v) is 5.77. The normalized spacial score (nSPS) is 9.71. The summed E-state index contributed by atoms with van der Waals surface area (Å²) < 4.78 is 5.27. The molecular weight excluding hydrogens is 339 g/mol. The largest absolute Gasteiger partial charge is 0.507 e. The van der Waals surface area contributed by atoms with E-state index in [0.29, 0.717) is 0 Å². The van der Waals surface area contributed by atoms with Gasteiger partial charge in [-0.05, 0) is 40.8 Å². The van der Waals surface area contributed by atoms with Gasteiger partial charge in [-0.25, -0.2) is 4.79 Å². The first-order chi connectivity index (χ1) is 8.00. The molecule has 0 aliphatic rings. The van der Waals surface area contributed by atoms with Gasteiger partial charge in [0.25, 0.3) is 5.91 Å². The molecule has 0 atom stereocenters. The van der Waals surface area contributed by atoms with Crippen LogP contribution in [0.3, 0.4) is 0 Å². The zero-order chi connectivity index (χ0) is 12.8. The molecule has 0 aliphatic heterocycles. The monoisotopic (exact) mass is 350 g/mol. The standard InChI is InChI=1S/C10H11IN2O4/c11-6-1-2-8(14)7(5-6)9(15)13-3-4-17-10(12)16/h1-2,5,14H,3-4H2,(H2,12,16)(H,13,15). The Balaban J connectivity index is 2.52. The molecule has 17 heavy (non-hydrogen) atoms. The SMILES string of the molecule is NC(=O)OCCNC(=O)c1cc(I)ccc1O. The molecule has 0 aliphatic carbocycles. The molecule has 0 saturated carbocycles. The van der Waals surface area contributed by atoms with E-state index in [1.807, 2.05) is 22.6 Å². The highest BCUT2D eigenvalue weighted by molar-refractivity contribution is 14.1.